The van der Waals surface area contributed by atoms with Crippen molar-refractivity contribution in [3.05, 3.63) is 30.1 Å². The van der Waals surface area contributed by atoms with Crippen molar-refractivity contribution >= 4 is 11.6 Å². The molecule has 0 spiro atoms. The van der Waals surface area contributed by atoms with Crippen LogP contribution in [0.2, 0.25) is 0 Å². The van der Waals surface area contributed by atoms with Crippen LogP contribution in [0.1, 0.15) is 31.5 Å². The van der Waals surface area contributed by atoms with E-state index < -0.39 is 6.10 Å². The van der Waals surface area contributed by atoms with Gasteiger partial charge >= 0.3 is 0 Å². The van der Waals surface area contributed by atoms with E-state index >= 15 is 0 Å². The number of aryl methyl sites for hydroxylation is 1. The van der Waals surface area contributed by atoms with Crippen LogP contribution >= 0.6 is 0 Å². The average Bonchev–Trinajstić information content (AvgIpc) is 3.29. The Labute approximate surface area is 146 Å². The number of aromatic nitrogens is 3. The van der Waals surface area contributed by atoms with E-state index in [4.69, 9.17) is 10.5 Å². The number of benzene rings is 1. The predicted molar refractivity (Wildman–Crippen MR) is 94.0 cm³/mol. The maximum absolute atomic E-state index is 12.3. The van der Waals surface area contributed by atoms with Crippen LogP contribution in [0.25, 0.3) is 11.4 Å². The summed E-state index contributed by atoms with van der Waals surface area (Å²) in [6.45, 7) is 1.43. The smallest absolute Gasteiger partial charge is 0.253 e. The van der Waals surface area contributed by atoms with Crippen LogP contribution in [-0.4, -0.2) is 39.4 Å². The Hall–Kier alpha value is -2.25. The number of fused-ring (bicyclic) bond motifs is 1. The minimum Gasteiger partial charge on any atom is -0.364 e. The topological polar surface area (TPSA) is 95.1 Å². The summed E-state index contributed by atoms with van der Waals surface area (Å²) in [6, 6.07) is 7.74. The maximum Gasteiger partial charge on any atom is 0.253 e. The Kier molecular flexibility index (Phi) is 4.50. The highest BCUT2D eigenvalue weighted by Gasteiger charge is 2.29. The zero-order chi connectivity index (χ0) is 17.2. The van der Waals surface area contributed by atoms with Crippen molar-refractivity contribution in [1.29, 1.82) is 0 Å². The SMILES string of the molecule is NC[C@H]1CC[C@@H](C(=O)Nc2ccc(-c3nnc4n3CCCC4)cc2)O1. The molecule has 3 N–H and O–H groups in total. The first kappa shape index (κ1) is 16.2. The predicted octanol–water partition coefficient (Wildman–Crippen LogP) is 1.73. The molecular formula is C18H23N5O2. The normalized spacial score (nSPS) is 22.6. The van der Waals surface area contributed by atoms with Gasteiger partial charge < -0.3 is 20.4 Å². The lowest BCUT2D eigenvalue weighted by Crippen LogP contribution is -2.29. The van der Waals surface area contributed by atoms with Gasteiger partial charge in [-0.3, -0.25) is 4.79 Å². The van der Waals surface area contributed by atoms with Gasteiger partial charge in [-0.25, -0.2) is 0 Å². The van der Waals surface area contributed by atoms with E-state index in [0.717, 1.165) is 55.1 Å². The monoisotopic (exact) mass is 341 g/mol. The van der Waals surface area contributed by atoms with E-state index in [2.05, 4.69) is 20.1 Å². The third-order valence-corrected chi connectivity index (χ3v) is 4.93. The summed E-state index contributed by atoms with van der Waals surface area (Å²) in [5.74, 6) is 1.85. The van der Waals surface area contributed by atoms with Crippen molar-refractivity contribution in [2.45, 2.75) is 50.9 Å². The number of nitrogens with one attached hydrogen (secondary N) is 1. The Bertz CT molecular complexity index is 755. The minimum atomic E-state index is -0.406. The molecule has 2 aliphatic rings. The van der Waals surface area contributed by atoms with Gasteiger partial charge in [-0.2, -0.15) is 0 Å². The largest absolute Gasteiger partial charge is 0.364 e. The van der Waals surface area contributed by atoms with Gasteiger partial charge in [0.25, 0.3) is 5.91 Å². The number of anilines is 1. The molecule has 7 nitrogen and oxygen atoms in total. The number of carbonyl (C=O) groups excluding carboxylic acids is 1. The second kappa shape index (κ2) is 6.93. The van der Waals surface area contributed by atoms with Crippen molar-refractivity contribution < 1.29 is 9.53 Å². The zero-order valence-electron chi connectivity index (χ0n) is 14.1. The van der Waals surface area contributed by atoms with Crippen LogP contribution in [0.3, 0.4) is 0 Å². The second-order valence-corrected chi connectivity index (χ2v) is 6.67. The maximum atomic E-state index is 12.3. The molecule has 4 rings (SSSR count). The Morgan fingerprint density at radius 3 is 2.84 bits per heavy atom. The third kappa shape index (κ3) is 3.29. The quantitative estimate of drug-likeness (QED) is 0.883. The number of carbonyl (C=O) groups is 1. The van der Waals surface area contributed by atoms with Gasteiger partial charge in [-0.1, -0.05) is 0 Å². The Balaban J connectivity index is 1.44. The fourth-order valence-corrected chi connectivity index (χ4v) is 3.52. The van der Waals surface area contributed by atoms with Gasteiger partial charge in [0, 0.05) is 30.8 Å². The summed E-state index contributed by atoms with van der Waals surface area (Å²) in [7, 11) is 0. The molecule has 0 saturated carbocycles. The number of hydrogen-bond donors (Lipinski definition) is 2. The molecule has 2 aliphatic heterocycles. The molecule has 2 aromatic rings. The molecule has 0 radical (unpaired) electrons. The van der Waals surface area contributed by atoms with Crippen LogP contribution in [0.4, 0.5) is 5.69 Å². The van der Waals surface area contributed by atoms with E-state index in [9.17, 15) is 4.79 Å². The zero-order valence-corrected chi connectivity index (χ0v) is 14.1. The molecule has 0 aliphatic carbocycles. The molecule has 7 heteroatoms. The highest BCUT2D eigenvalue weighted by atomic mass is 16.5. The highest BCUT2D eigenvalue weighted by molar-refractivity contribution is 5.94. The molecular weight excluding hydrogens is 318 g/mol. The van der Waals surface area contributed by atoms with E-state index in [-0.39, 0.29) is 12.0 Å². The first-order chi connectivity index (χ1) is 12.2. The minimum absolute atomic E-state index is 0.00255. The lowest BCUT2D eigenvalue weighted by molar-refractivity contribution is -0.126. The van der Waals surface area contributed by atoms with E-state index in [0.29, 0.717) is 6.54 Å². The van der Waals surface area contributed by atoms with Gasteiger partial charge in [0.05, 0.1) is 6.10 Å². The van der Waals surface area contributed by atoms with Crippen molar-refractivity contribution in [3.8, 4) is 11.4 Å². The Morgan fingerprint density at radius 1 is 1.24 bits per heavy atom. The standard InChI is InChI=1S/C18H23N5O2/c19-11-14-8-9-15(25-14)18(24)20-13-6-4-12(5-7-13)17-22-21-16-3-1-2-10-23(16)17/h4-7,14-15H,1-3,8-11,19H2,(H,20,24)/t14-,15+/m1/s1. The Morgan fingerprint density at radius 2 is 2.08 bits per heavy atom. The van der Waals surface area contributed by atoms with Crippen LogP contribution in [0.5, 0.6) is 0 Å². The molecule has 1 fully saturated rings. The number of nitrogens with zero attached hydrogens (tertiary/aromatic N) is 3. The van der Waals surface area contributed by atoms with Gasteiger partial charge in [-0.05, 0) is 49.9 Å². The highest BCUT2D eigenvalue weighted by Crippen LogP contribution is 2.25. The number of rotatable bonds is 4. The van der Waals surface area contributed by atoms with Crippen molar-refractivity contribution in [2.75, 3.05) is 11.9 Å². The summed E-state index contributed by atoms with van der Waals surface area (Å²) in [4.78, 5) is 12.3. The molecule has 2 atom stereocenters. The van der Waals surface area contributed by atoms with Crippen LogP contribution in [0.15, 0.2) is 24.3 Å². The molecule has 3 heterocycles. The first-order valence-corrected chi connectivity index (χ1v) is 8.93. The van der Waals surface area contributed by atoms with Crippen molar-refractivity contribution in [1.82, 2.24) is 14.8 Å². The fourth-order valence-electron chi connectivity index (χ4n) is 3.52. The molecule has 1 saturated heterocycles. The summed E-state index contributed by atoms with van der Waals surface area (Å²) in [5.41, 5.74) is 7.36. The van der Waals surface area contributed by atoms with Crippen molar-refractivity contribution in [2.24, 2.45) is 5.73 Å². The number of ether oxygens (including phenoxy) is 1. The van der Waals surface area contributed by atoms with Crippen LogP contribution in [0, 0.1) is 0 Å². The van der Waals surface area contributed by atoms with Gasteiger partial charge in [-0.15, -0.1) is 10.2 Å². The average molecular weight is 341 g/mol. The third-order valence-electron chi connectivity index (χ3n) is 4.93. The van der Waals surface area contributed by atoms with Gasteiger partial charge in [0.15, 0.2) is 5.82 Å². The molecule has 0 unspecified atom stereocenters. The molecule has 25 heavy (non-hydrogen) atoms. The first-order valence-electron chi connectivity index (χ1n) is 8.93. The number of hydrogen-bond acceptors (Lipinski definition) is 5. The lowest BCUT2D eigenvalue weighted by Gasteiger charge is -2.15. The summed E-state index contributed by atoms with van der Waals surface area (Å²) < 4.78 is 7.82. The summed E-state index contributed by atoms with van der Waals surface area (Å²) in [5, 5.41) is 11.5. The van der Waals surface area contributed by atoms with E-state index in [1.54, 1.807) is 0 Å². The van der Waals surface area contributed by atoms with Crippen LogP contribution < -0.4 is 11.1 Å². The second-order valence-electron chi connectivity index (χ2n) is 6.67. The molecule has 1 aromatic heterocycles. The molecule has 1 amide bonds. The van der Waals surface area contributed by atoms with E-state index in [1.165, 1.54) is 6.42 Å². The molecule has 132 valence electrons. The fraction of sp³-hybridized carbons (Fsp3) is 0.500. The van der Waals surface area contributed by atoms with Gasteiger partial charge in [0.2, 0.25) is 0 Å². The summed E-state index contributed by atoms with van der Waals surface area (Å²) in [6.07, 6.45) is 4.48. The number of amides is 1. The molecule has 1 aromatic carbocycles. The van der Waals surface area contributed by atoms with E-state index in [1.807, 2.05) is 24.3 Å². The van der Waals surface area contributed by atoms with Crippen molar-refractivity contribution in [3.63, 3.8) is 0 Å². The molecule has 0 bridgehead atoms. The lowest BCUT2D eigenvalue weighted by atomic mass is 10.1. The van der Waals surface area contributed by atoms with Crippen LogP contribution in [-0.2, 0) is 22.5 Å². The summed E-state index contributed by atoms with van der Waals surface area (Å²) >= 11 is 0. The van der Waals surface area contributed by atoms with Gasteiger partial charge in [0.1, 0.15) is 11.9 Å². The number of nitrogens with two attached hydrogens (primary N) is 1.